The number of aromatic nitrogens is 2. The van der Waals surface area contributed by atoms with Gasteiger partial charge in [0, 0.05) is 17.5 Å². The normalized spacial score (nSPS) is 12.5. The molecule has 5 nitrogen and oxygen atoms in total. The van der Waals surface area contributed by atoms with Gasteiger partial charge in [-0.3, -0.25) is 14.2 Å². The number of hydrogen-bond acceptors (Lipinski definition) is 5. The Hall–Kier alpha value is -1.34. The fraction of sp³-hybridized carbons (Fsp3) is 0.611. The highest BCUT2D eigenvalue weighted by atomic mass is 32.2. The molecule has 2 rings (SSSR count). The SMILES string of the molecule is CCCCn1c(SCC(=O)N[C@H](C)CC)nc2sc(C)c(C)c2c1=O. The lowest BCUT2D eigenvalue weighted by molar-refractivity contribution is -0.119. The number of amides is 1. The van der Waals surface area contributed by atoms with Crippen LogP contribution >= 0.6 is 23.1 Å². The minimum atomic E-state index is -0.0192. The van der Waals surface area contributed by atoms with Crippen LogP contribution in [0.1, 0.15) is 50.5 Å². The number of thiophene rings is 1. The van der Waals surface area contributed by atoms with E-state index in [4.69, 9.17) is 4.98 Å². The van der Waals surface area contributed by atoms with Gasteiger partial charge in [-0.05, 0) is 39.2 Å². The highest BCUT2D eigenvalue weighted by Gasteiger charge is 2.17. The predicted molar refractivity (Wildman–Crippen MR) is 107 cm³/mol. The van der Waals surface area contributed by atoms with E-state index < -0.39 is 0 Å². The van der Waals surface area contributed by atoms with E-state index in [1.54, 1.807) is 15.9 Å². The molecule has 0 aliphatic rings. The van der Waals surface area contributed by atoms with E-state index in [0.717, 1.165) is 39.9 Å². The Balaban J connectivity index is 2.33. The summed E-state index contributed by atoms with van der Waals surface area (Å²) in [6.07, 6.45) is 2.82. The molecule has 0 fully saturated rings. The lowest BCUT2D eigenvalue weighted by Crippen LogP contribution is -2.33. The maximum atomic E-state index is 13.0. The van der Waals surface area contributed by atoms with Crippen molar-refractivity contribution in [1.82, 2.24) is 14.9 Å². The van der Waals surface area contributed by atoms with Crippen LogP contribution in [0.5, 0.6) is 0 Å². The van der Waals surface area contributed by atoms with Crippen molar-refractivity contribution >= 4 is 39.2 Å². The van der Waals surface area contributed by atoms with Crippen molar-refractivity contribution in [2.75, 3.05) is 5.75 Å². The molecule has 0 radical (unpaired) electrons. The topological polar surface area (TPSA) is 64.0 Å². The maximum Gasteiger partial charge on any atom is 0.263 e. The fourth-order valence-corrected chi connectivity index (χ4v) is 4.39. The standard InChI is InChI=1S/C18H27N3O2S2/c1-6-8-9-21-17(23)15-12(4)13(5)25-16(15)20-18(21)24-10-14(22)19-11(3)7-2/h11H,6-10H2,1-5H3,(H,19,22)/t11-/m1/s1. The summed E-state index contributed by atoms with van der Waals surface area (Å²) >= 11 is 2.90. The third-order valence-corrected chi connectivity index (χ3v) is 6.42. The third kappa shape index (κ3) is 4.64. The molecule has 7 heteroatoms. The number of unbranched alkanes of at least 4 members (excludes halogenated alkanes) is 1. The van der Waals surface area contributed by atoms with E-state index in [1.165, 1.54) is 11.8 Å². The Bertz CT molecular complexity index is 811. The summed E-state index contributed by atoms with van der Waals surface area (Å²) in [6, 6.07) is 0.161. The van der Waals surface area contributed by atoms with Crippen LogP contribution in [-0.4, -0.2) is 27.3 Å². The quantitative estimate of drug-likeness (QED) is 0.557. The van der Waals surface area contributed by atoms with Crippen molar-refractivity contribution in [1.29, 1.82) is 0 Å². The molecular formula is C18H27N3O2S2. The molecule has 2 aromatic heterocycles. The zero-order valence-electron chi connectivity index (χ0n) is 15.6. The van der Waals surface area contributed by atoms with E-state index in [2.05, 4.69) is 12.2 Å². The molecule has 0 saturated heterocycles. The van der Waals surface area contributed by atoms with Crippen LogP contribution in [-0.2, 0) is 11.3 Å². The molecule has 1 N–H and O–H groups in total. The van der Waals surface area contributed by atoms with Gasteiger partial charge in [0.15, 0.2) is 5.16 Å². The second-order valence-electron chi connectivity index (χ2n) is 6.33. The van der Waals surface area contributed by atoms with Gasteiger partial charge in [-0.1, -0.05) is 32.0 Å². The summed E-state index contributed by atoms with van der Waals surface area (Å²) in [5.74, 6) is 0.256. The van der Waals surface area contributed by atoms with E-state index in [9.17, 15) is 9.59 Å². The van der Waals surface area contributed by atoms with Gasteiger partial charge >= 0.3 is 0 Å². The van der Waals surface area contributed by atoms with Crippen LogP contribution in [0.2, 0.25) is 0 Å². The highest BCUT2D eigenvalue weighted by Crippen LogP contribution is 2.28. The number of fused-ring (bicyclic) bond motifs is 1. The number of hydrogen-bond donors (Lipinski definition) is 1. The first-order valence-electron chi connectivity index (χ1n) is 8.81. The van der Waals surface area contributed by atoms with Gasteiger partial charge in [0.05, 0.1) is 11.1 Å². The number of rotatable bonds is 8. The molecule has 138 valence electrons. The average molecular weight is 382 g/mol. The molecule has 0 saturated carbocycles. The van der Waals surface area contributed by atoms with Crippen molar-refractivity contribution in [3.05, 3.63) is 20.8 Å². The smallest absolute Gasteiger partial charge is 0.263 e. The largest absolute Gasteiger partial charge is 0.353 e. The van der Waals surface area contributed by atoms with E-state index >= 15 is 0 Å². The number of thioether (sulfide) groups is 1. The number of carbonyl (C=O) groups is 1. The van der Waals surface area contributed by atoms with Gasteiger partial charge in [0.25, 0.3) is 5.56 Å². The summed E-state index contributed by atoms with van der Waals surface area (Å²) in [4.78, 5) is 31.7. The first kappa shape index (κ1) is 20.0. The van der Waals surface area contributed by atoms with E-state index in [1.807, 2.05) is 27.7 Å². The molecule has 1 atom stereocenters. The summed E-state index contributed by atoms with van der Waals surface area (Å²) in [5.41, 5.74) is 1.04. The van der Waals surface area contributed by atoms with Crippen LogP contribution in [0.3, 0.4) is 0 Å². The number of nitrogens with one attached hydrogen (secondary N) is 1. The van der Waals surface area contributed by atoms with Crippen molar-refractivity contribution in [3.63, 3.8) is 0 Å². The van der Waals surface area contributed by atoms with Crippen molar-refractivity contribution in [2.45, 2.75) is 71.6 Å². The summed E-state index contributed by atoms with van der Waals surface area (Å²) in [6.45, 7) is 10.8. The number of nitrogens with zero attached hydrogens (tertiary/aromatic N) is 2. The van der Waals surface area contributed by atoms with Crippen LogP contribution < -0.4 is 10.9 Å². The Kier molecular flexibility index (Phi) is 7.07. The molecule has 0 aromatic carbocycles. The van der Waals surface area contributed by atoms with Gasteiger partial charge in [-0.25, -0.2) is 4.98 Å². The van der Waals surface area contributed by atoms with Gasteiger partial charge in [-0.2, -0.15) is 0 Å². The summed E-state index contributed by atoms with van der Waals surface area (Å²) < 4.78 is 1.74. The fourth-order valence-electron chi connectivity index (χ4n) is 2.48. The molecule has 25 heavy (non-hydrogen) atoms. The molecule has 0 aliphatic carbocycles. The Morgan fingerprint density at radius 1 is 1.36 bits per heavy atom. The van der Waals surface area contributed by atoms with Gasteiger partial charge in [-0.15, -0.1) is 11.3 Å². The molecule has 0 bridgehead atoms. The zero-order valence-corrected chi connectivity index (χ0v) is 17.3. The molecule has 2 heterocycles. The lowest BCUT2D eigenvalue weighted by atomic mass is 10.2. The molecule has 2 aromatic rings. The zero-order chi connectivity index (χ0) is 18.6. The summed E-state index contributed by atoms with van der Waals surface area (Å²) in [7, 11) is 0. The van der Waals surface area contributed by atoms with Crippen LogP contribution in [0.25, 0.3) is 10.2 Å². The molecule has 0 spiro atoms. The highest BCUT2D eigenvalue weighted by molar-refractivity contribution is 7.99. The van der Waals surface area contributed by atoms with Crippen molar-refractivity contribution in [3.8, 4) is 0 Å². The minimum Gasteiger partial charge on any atom is -0.353 e. The Morgan fingerprint density at radius 3 is 2.72 bits per heavy atom. The maximum absolute atomic E-state index is 13.0. The lowest BCUT2D eigenvalue weighted by Gasteiger charge is -2.13. The minimum absolute atomic E-state index is 0.0186. The van der Waals surface area contributed by atoms with Gasteiger partial charge < -0.3 is 5.32 Å². The monoisotopic (exact) mass is 381 g/mol. The van der Waals surface area contributed by atoms with Gasteiger partial charge in [0.1, 0.15) is 4.83 Å². The number of carbonyl (C=O) groups excluding carboxylic acids is 1. The van der Waals surface area contributed by atoms with Crippen LogP contribution in [0.15, 0.2) is 9.95 Å². The average Bonchev–Trinajstić information content (AvgIpc) is 2.86. The number of aryl methyl sites for hydroxylation is 2. The second kappa shape index (κ2) is 8.85. The summed E-state index contributed by atoms with van der Waals surface area (Å²) in [5, 5.41) is 4.33. The molecule has 0 aliphatic heterocycles. The molecule has 0 unspecified atom stereocenters. The molecular weight excluding hydrogens is 354 g/mol. The van der Waals surface area contributed by atoms with Crippen molar-refractivity contribution in [2.24, 2.45) is 0 Å². The van der Waals surface area contributed by atoms with E-state index in [0.29, 0.717) is 11.7 Å². The van der Waals surface area contributed by atoms with Crippen molar-refractivity contribution < 1.29 is 4.79 Å². The van der Waals surface area contributed by atoms with E-state index in [-0.39, 0.29) is 23.3 Å². The third-order valence-electron chi connectivity index (χ3n) is 4.34. The Morgan fingerprint density at radius 2 is 2.08 bits per heavy atom. The predicted octanol–water partition coefficient (Wildman–Crippen LogP) is 3.88. The van der Waals surface area contributed by atoms with Crippen LogP contribution in [0, 0.1) is 13.8 Å². The van der Waals surface area contributed by atoms with Gasteiger partial charge in [0.2, 0.25) is 5.91 Å². The van der Waals surface area contributed by atoms with Crippen LogP contribution in [0.4, 0.5) is 0 Å². The first-order valence-corrected chi connectivity index (χ1v) is 10.6. The first-order chi connectivity index (χ1) is 11.9. The second-order valence-corrected chi connectivity index (χ2v) is 8.48. The Labute approximate surface area is 157 Å². The molecule has 1 amide bonds.